The average molecular weight is 246 g/mol. The standard InChI is InChI=1S/C12H14N4S/c13-11-15-12(17-16-11)14-10-7-3-5-8-4-1-2-6-9(8)10/h1-2,4,6,10H,3,5,7H2,(H3,13,14,15,16). The summed E-state index contributed by atoms with van der Waals surface area (Å²) in [5, 5.41) is 4.23. The van der Waals surface area contributed by atoms with E-state index in [4.69, 9.17) is 5.73 Å². The van der Waals surface area contributed by atoms with Crippen molar-refractivity contribution >= 4 is 22.6 Å². The second kappa shape index (κ2) is 4.33. The zero-order chi connectivity index (χ0) is 11.7. The number of rotatable bonds is 2. The predicted octanol–water partition coefficient (Wildman–Crippen LogP) is 2.61. The maximum Gasteiger partial charge on any atom is 0.233 e. The molecule has 0 fully saturated rings. The Hall–Kier alpha value is -1.62. The normalized spacial score (nSPS) is 18.7. The van der Waals surface area contributed by atoms with Gasteiger partial charge in [-0.2, -0.15) is 9.36 Å². The minimum atomic E-state index is 0.340. The SMILES string of the molecule is Nc1nsc(NC2CCCc3ccccc32)n1. The first-order valence-electron chi connectivity index (χ1n) is 5.76. The van der Waals surface area contributed by atoms with Gasteiger partial charge in [0.15, 0.2) is 0 Å². The van der Waals surface area contributed by atoms with E-state index in [0.717, 1.165) is 11.6 Å². The lowest BCUT2D eigenvalue weighted by atomic mass is 9.88. The van der Waals surface area contributed by atoms with Crippen LogP contribution in [0, 0.1) is 0 Å². The van der Waals surface area contributed by atoms with Crippen molar-refractivity contribution in [2.45, 2.75) is 25.3 Å². The number of nitrogens with one attached hydrogen (secondary N) is 1. The molecule has 17 heavy (non-hydrogen) atoms. The van der Waals surface area contributed by atoms with Crippen molar-refractivity contribution in [3.63, 3.8) is 0 Å². The van der Waals surface area contributed by atoms with Gasteiger partial charge >= 0.3 is 0 Å². The van der Waals surface area contributed by atoms with Crippen LogP contribution in [0.25, 0.3) is 0 Å². The summed E-state index contributed by atoms with van der Waals surface area (Å²) >= 11 is 1.32. The van der Waals surface area contributed by atoms with Crippen LogP contribution in [0.5, 0.6) is 0 Å². The number of hydrogen-bond acceptors (Lipinski definition) is 5. The minimum absolute atomic E-state index is 0.340. The van der Waals surface area contributed by atoms with E-state index in [2.05, 4.69) is 38.9 Å². The highest BCUT2D eigenvalue weighted by Gasteiger charge is 2.20. The van der Waals surface area contributed by atoms with Gasteiger partial charge in [0.1, 0.15) is 0 Å². The third kappa shape index (κ3) is 2.10. The Bertz CT molecular complexity index is 523. The average Bonchev–Trinajstić information content (AvgIpc) is 2.75. The van der Waals surface area contributed by atoms with Crippen LogP contribution in [-0.4, -0.2) is 9.36 Å². The zero-order valence-electron chi connectivity index (χ0n) is 9.39. The molecule has 4 nitrogen and oxygen atoms in total. The molecule has 0 saturated carbocycles. The van der Waals surface area contributed by atoms with Gasteiger partial charge < -0.3 is 11.1 Å². The lowest BCUT2D eigenvalue weighted by molar-refractivity contribution is 0.600. The van der Waals surface area contributed by atoms with Gasteiger partial charge in [-0.3, -0.25) is 0 Å². The van der Waals surface area contributed by atoms with Crippen molar-refractivity contribution in [1.82, 2.24) is 9.36 Å². The second-order valence-corrected chi connectivity index (χ2v) is 5.00. The third-order valence-corrected chi connectivity index (χ3v) is 3.77. The van der Waals surface area contributed by atoms with Gasteiger partial charge in [0.2, 0.25) is 11.1 Å². The first-order valence-corrected chi connectivity index (χ1v) is 6.54. The molecule has 0 saturated heterocycles. The molecule has 5 heteroatoms. The quantitative estimate of drug-likeness (QED) is 0.855. The number of benzene rings is 1. The number of anilines is 2. The van der Waals surface area contributed by atoms with Crippen LogP contribution >= 0.6 is 11.5 Å². The van der Waals surface area contributed by atoms with Gasteiger partial charge in [-0.15, -0.1) is 0 Å². The Morgan fingerprint density at radius 3 is 3.06 bits per heavy atom. The van der Waals surface area contributed by atoms with Crippen LogP contribution in [-0.2, 0) is 6.42 Å². The van der Waals surface area contributed by atoms with Crippen molar-refractivity contribution in [3.05, 3.63) is 35.4 Å². The molecular weight excluding hydrogens is 232 g/mol. The summed E-state index contributed by atoms with van der Waals surface area (Å²) in [6.07, 6.45) is 3.52. The number of hydrogen-bond donors (Lipinski definition) is 2. The molecule has 2 aromatic rings. The molecule has 3 rings (SSSR count). The fourth-order valence-corrected chi connectivity index (χ4v) is 2.90. The molecule has 1 aliphatic rings. The fourth-order valence-electron chi connectivity index (χ4n) is 2.35. The van der Waals surface area contributed by atoms with E-state index in [0.29, 0.717) is 12.0 Å². The van der Waals surface area contributed by atoms with Gasteiger partial charge in [0.25, 0.3) is 0 Å². The summed E-state index contributed by atoms with van der Waals surface area (Å²) in [6, 6.07) is 8.93. The Kier molecular flexibility index (Phi) is 2.68. The lowest BCUT2D eigenvalue weighted by Crippen LogP contribution is -2.17. The van der Waals surface area contributed by atoms with Gasteiger partial charge in [-0.1, -0.05) is 24.3 Å². The van der Waals surface area contributed by atoms with Gasteiger partial charge in [0, 0.05) is 11.5 Å². The lowest BCUT2D eigenvalue weighted by Gasteiger charge is -2.25. The molecule has 1 heterocycles. The second-order valence-electron chi connectivity index (χ2n) is 4.25. The Morgan fingerprint density at radius 2 is 2.24 bits per heavy atom. The van der Waals surface area contributed by atoms with E-state index in [1.165, 1.54) is 35.5 Å². The number of nitrogens with two attached hydrogens (primary N) is 1. The van der Waals surface area contributed by atoms with Crippen molar-refractivity contribution in [2.75, 3.05) is 11.1 Å². The molecule has 1 atom stereocenters. The van der Waals surface area contributed by atoms with Crippen molar-refractivity contribution in [2.24, 2.45) is 0 Å². The highest BCUT2D eigenvalue weighted by Crippen LogP contribution is 2.32. The maximum atomic E-state index is 5.53. The Morgan fingerprint density at radius 1 is 1.35 bits per heavy atom. The molecule has 1 unspecified atom stereocenters. The molecule has 0 amide bonds. The van der Waals surface area contributed by atoms with E-state index in [-0.39, 0.29) is 0 Å². The molecule has 3 N–H and O–H groups in total. The van der Waals surface area contributed by atoms with Gasteiger partial charge in [0.05, 0.1) is 6.04 Å². The molecule has 0 radical (unpaired) electrons. The zero-order valence-corrected chi connectivity index (χ0v) is 10.2. The van der Waals surface area contributed by atoms with Gasteiger partial charge in [-0.05, 0) is 30.4 Å². The summed E-state index contributed by atoms with van der Waals surface area (Å²) in [4.78, 5) is 4.15. The van der Waals surface area contributed by atoms with Crippen molar-refractivity contribution < 1.29 is 0 Å². The molecule has 1 aromatic heterocycles. The number of aryl methyl sites for hydroxylation is 1. The van der Waals surface area contributed by atoms with Crippen LogP contribution in [0.1, 0.15) is 30.0 Å². The number of nitrogens with zero attached hydrogens (tertiary/aromatic N) is 2. The number of fused-ring (bicyclic) bond motifs is 1. The van der Waals surface area contributed by atoms with Crippen LogP contribution in [0.3, 0.4) is 0 Å². The summed E-state index contributed by atoms with van der Waals surface area (Å²) in [6.45, 7) is 0. The van der Waals surface area contributed by atoms with E-state index in [1.807, 2.05) is 0 Å². The Labute approximate surface area is 104 Å². The van der Waals surface area contributed by atoms with E-state index < -0.39 is 0 Å². The van der Waals surface area contributed by atoms with Crippen LogP contribution in [0.15, 0.2) is 24.3 Å². The fraction of sp³-hybridized carbons (Fsp3) is 0.333. The first-order chi connectivity index (χ1) is 8.33. The summed E-state index contributed by atoms with van der Waals surface area (Å²) in [7, 11) is 0. The van der Waals surface area contributed by atoms with Crippen LogP contribution in [0.2, 0.25) is 0 Å². The molecular formula is C12H14N4S. The van der Waals surface area contributed by atoms with E-state index >= 15 is 0 Å². The molecule has 0 aliphatic heterocycles. The summed E-state index contributed by atoms with van der Waals surface area (Å²) < 4.78 is 3.98. The number of nitrogen functional groups attached to an aromatic ring is 1. The van der Waals surface area contributed by atoms with Crippen LogP contribution < -0.4 is 11.1 Å². The molecule has 0 spiro atoms. The topological polar surface area (TPSA) is 63.8 Å². The smallest absolute Gasteiger partial charge is 0.233 e. The van der Waals surface area contributed by atoms with Crippen LogP contribution in [0.4, 0.5) is 11.1 Å². The highest BCUT2D eigenvalue weighted by atomic mass is 32.1. The maximum absolute atomic E-state index is 5.53. The van der Waals surface area contributed by atoms with E-state index in [9.17, 15) is 0 Å². The Balaban J connectivity index is 1.85. The molecule has 88 valence electrons. The highest BCUT2D eigenvalue weighted by molar-refractivity contribution is 7.09. The molecule has 0 bridgehead atoms. The molecule has 1 aromatic carbocycles. The first kappa shape index (κ1) is 10.5. The van der Waals surface area contributed by atoms with Crippen molar-refractivity contribution in [1.29, 1.82) is 0 Å². The molecule has 1 aliphatic carbocycles. The largest absolute Gasteiger partial charge is 0.367 e. The summed E-state index contributed by atoms with van der Waals surface area (Å²) in [5.41, 5.74) is 8.35. The summed E-state index contributed by atoms with van der Waals surface area (Å²) in [5.74, 6) is 0.349. The third-order valence-electron chi connectivity index (χ3n) is 3.11. The minimum Gasteiger partial charge on any atom is -0.367 e. The van der Waals surface area contributed by atoms with Crippen molar-refractivity contribution in [3.8, 4) is 0 Å². The predicted molar refractivity (Wildman–Crippen MR) is 70.1 cm³/mol. The van der Waals surface area contributed by atoms with Gasteiger partial charge in [-0.25, -0.2) is 0 Å². The van der Waals surface area contributed by atoms with E-state index in [1.54, 1.807) is 0 Å². The number of aromatic nitrogens is 2. The monoisotopic (exact) mass is 246 g/mol.